The van der Waals surface area contributed by atoms with Crippen LogP contribution in [-0.2, 0) is 16.0 Å². The molecule has 0 spiro atoms. The number of fused-ring (bicyclic) bond motifs is 5. The topological polar surface area (TPSA) is 76.7 Å². The minimum absolute atomic E-state index is 0.0678. The summed E-state index contributed by atoms with van der Waals surface area (Å²) in [5.41, 5.74) is 1.96. The third-order valence-electron chi connectivity index (χ3n) is 13.0. The highest BCUT2D eigenvalue weighted by Crippen LogP contribution is 2.69. The fraction of sp³-hybridized carbons (Fsp3) is 0.622. The molecule has 4 saturated carbocycles. The highest BCUT2D eigenvalue weighted by molar-refractivity contribution is 5.89. The van der Waals surface area contributed by atoms with E-state index in [1.54, 1.807) is 14.2 Å². The molecule has 6 heteroatoms. The van der Waals surface area contributed by atoms with Gasteiger partial charge in [-0.15, -0.1) is 0 Å². The standard InChI is InChI=1S/C37H50N2O4/c1-35-18-16-28-26(12-15-31-36(28,2)19-17-33(40)37(31,3)32-9-7-6-8-20-38-32)27(35)13-11-25(35)23-39-34(41)22-24-10-14-29(42-4)30(21-24)43-5/h6-10,14,20-21,25-28,31,38H,11-13,15-19,22-23H2,1-5H3,(H,39,41)/t25?,26-,27-,28-,31+,35+,36+,37?/m0/s1. The van der Waals surface area contributed by atoms with E-state index in [9.17, 15) is 9.59 Å². The van der Waals surface area contributed by atoms with Crippen LogP contribution in [0.15, 0.2) is 54.4 Å². The Morgan fingerprint density at radius 2 is 1.72 bits per heavy atom. The molecule has 1 aliphatic heterocycles. The Morgan fingerprint density at radius 3 is 2.51 bits per heavy atom. The van der Waals surface area contributed by atoms with E-state index in [1.165, 1.54) is 32.1 Å². The van der Waals surface area contributed by atoms with Gasteiger partial charge in [0, 0.05) is 24.9 Å². The number of ether oxygens (including phenoxy) is 2. The summed E-state index contributed by atoms with van der Waals surface area (Å²) in [6.07, 6.45) is 19.5. The van der Waals surface area contributed by atoms with Crippen molar-refractivity contribution >= 4 is 11.7 Å². The number of methoxy groups -OCH3 is 2. The maximum Gasteiger partial charge on any atom is 0.224 e. The van der Waals surface area contributed by atoms with Crippen molar-refractivity contribution < 1.29 is 19.1 Å². The highest BCUT2D eigenvalue weighted by Gasteiger charge is 2.64. The van der Waals surface area contributed by atoms with E-state index < -0.39 is 5.41 Å². The van der Waals surface area contributed by atoms with Gasteiger partial charge in [-0.25, -0.2) is 0 Å². The van der Waals surface area contributed by atoms with Gasteiger partial charge in [-0.3, -0.25) is 9.59 Å². The second-order valence-electron chi connectivity index (χ2n) is 14.6. The monoisotopic (exact) mass is 586 g/mol. The second-order valence-corrected chi connectivity index (χ2v) is 14.6. The van der Waals surface area contributed by atoms with Crippen molar-refractivity contribution in [3.8, 4) is 11.5 Å². The average Bonchev–Trinajstić information content (AvgIpc) is 3.14. The molecule has 0 saturated heterocycles. The number of benzene rings is 1. The number of Topliss-reactive ketones (excluding diaryl/α,β-unsaturated/α-hetero) is 1. The lowest BCUT2D eigenvalue weighted by Gasteiger charge is -2.64. The van der Waals surface area contributed by atoms with Crippen LogP contribution < -0.4 is 20.1 Å². The Morgan fingerprint density at radius 1 is 0.930 bits per heavy atom. The third kappa shape index (κ3) is 4.93. The Bertz CT molecular complexity index is 1350. The first kappa shape index (κ1) is 30.0. The van der Waals surface area contributed by atoms with Crippen LogP contribution in [0.25, 0.3) is 0 Å². The minimum Gasteiger partial charge on any atom is -0.493 e. The highest BCUT2D eigenvalue weighted by atomic mass is 16.5. The predicted octanol–water partition coefficient (Wildman–Crippen LogP) is 6.76. The van der Waals surface area contributed by atoms with Gasteiger partial charge in [0.05, 0.1) is 26.1 Å². The van der Waals surface area contributed by atoms with Gasteiger partial charge >= 0.3 is 0 Å². The van der Waals surface area contributed by atoms with Crippen LogP contribution in [0, 0.1) is 45.8 Å². The van der Waals surface area contributed by atoms with Crippen LogP contribution in [0.4, 0.5) is 0 Å². The molecule has 1 amide bonds. The molecule has 4 aliphatic carbocycles. The molecule has 1 aromatic carbocycles. The Kier molecular flexibility index (Phi) is 8.02. The molecule has 2 unspecified atom stereocenters. The van der Waals surface area contributed by atoms with Gasteiger partial charge in [-0.2, -0.15) is 0 Å². The smallest absolute Gasteiger partial charge is 0.224 e. The zero-order chi connectivity index (χ0) is 30.4. The average molecular weight is 587 g/mol. The first-order valence-corrected chi connectivity index (χ1v) is 16.5. The fourth-order valence-electron chi connectivity index (χ4n) is 10.6. The van der Waals surface area contributed by atoms with E-state index in [1.807, 2.05) is 36.6 Å². The Labute approximate surface area is 257 Å². The molecule has 8 atom stereocenters. The van der Waals surface area contributed by atoms with E-state index in [-0.39, 0.29) is 16.7 Å². The molecule has 5 aliphatic rings. The van der Waals surface area contributed by atoms with E-state index in [4.69, 9.17) is 9.47 Å². The summed E-state index contributed by atoms with van der Waals surface area (Å²) in [4.78, 5) is 26.7. The first-order valence-electron chi connectivity index (χ1n) is 16.5. The van der Waals surface area contributed by atoms with Crippen LogP contribution in [0.5, 0.6) is 11.5 Å². The summed E-state index contributed by atoms with van der Waals surface area (Å²) in [5, 5.41) is 6.80. The van der Waals surface area contributed by atoms with Gasteiger partial charge in [0.2, 0.25) is 5.91 Å². The van der Waals surface area contributed by atoms with Crippen molar-refractivity contribution in [3.05, 3.63) is 60.0 Å². The van der Waals surface area contributed by atoms with Crippen molar-refractivity contribution in [2.75, 3.05) is 20.8 Å². The summed E-state index contributed by atoms with van der Waals surface area (Å²) in [7, 11) is 3.24. The number of allylic oxidation sites excluding steroid dienone is 5. The Hall–Kier alpha value is -3.02. The first-order chi connectivity index (χ1) is 20.6. The van der Waals surface area contributed by atoms with Crippen LogP contribution in [-0.4, -0.2) is 32.5 Å². The molecule has 0 bridgehead atoms. The van der Waals surface area contributed by atoms with Gasteiger partial charge in [-0.1, -0.05) is 32.1 Å². The summed E-state index contributed by atoms with van der Waals surface area (Å²) in [5.74, 6) is 4.73. The van der Waals surface area contributed by atoms with Gasteiger partial charge in [0.1, 0.15) is 5.78 Å². The molecule has 1 heterocycles. The zero-order valence-electron chi connectivity index (χ0n) is 26.7. The summed E-state index contributed by atoms with van der Waals surface area (Å²) < 4.78 is 10.8. The number of carbonyl (C=O) groups is 2. The molecule has 4 fully saturated rings. The normalized spacial score (nSPS) is 38.1. The molecule has 0 radical (unpaired) electrons. The number of hydrogen-bond acceptors (Lipinski definition) is 5. The minimum atomic E-state index is -0.464. The number of hydrogen-bond donors (Lipinski definition) is 2. The van der Waals surface area contributed by atoms with E-state index in [0.29, 0.717) is 59.7 Å². The van der Waals surface area contributed by atoms with Crippen molar-refractivity contribution in [2.45, 2.75) is 78.6 Å². The van der Waals surface area contributed by atoms with Crippen molar-refractivity contribution in [1.29, 1.82) is 0 Å². The van der Waals surface area contributed by atoms with Gasteiger partial charge in [0.25, 0.3) is 0 Å². The molecule has 232 valence electrons. The van der Waals surface area contributed by atoms with Crippen molar-refractivity contribution in [3.63, 3.8) is 0 Å². The SMILES string of the molecule is COc1ccc(CC(=O)NCC2CC[C@H]3[C@@H]4CC[C@H]5C(C)(C6=CC=CC=CN6)C(=O)CC[C@]5(C)[C@H]4CC[C@]23C)cc1OC. The number of amides is 1. The second kappa shape index (κ2) is 11.5. The van der Waals surface area contributed by atoms with Crippen LogP contribution in [0.3, 0.4) is 0 Å². The molecule has 2 N–H and O–H groups in total. The quantitative estimate of drug-likeness (QED) is 0.369. The molecule has 43 heavy (non-hydrogen) atoms. The fourth-order valence-corrected chi connectivity index (χ4v) is 10.6. The van der Waals surface area contributed by atoms with Gasteiger partial charge in [0.15, 0.2) is 11.5 Å². The van der Waals surface area contributed by atoms with Gasteiger partial charge < -0.3 is 20.1 Å². The van der Waals surface area contributed by atoms with Crippen LogP contribution >= 0.6 is 0 Å². The molecule has 0 aromatic heterocycles. The molecular formula is C37H50N2O4. The van der Waals surface area contributed by atoms with Crippen molar-refractivity contribution in [2.24, 2.45) is 45.8 Å². The molecular weight excluding hydrogens is 536 g/mol. The summed E-state index contributed by atoms with van der Waals surface area (Å²) in [6, 6.07) is 5.69. The van der Waals surface area contributed by atoms with Gasteiger partial charge in [-0.05, 0) is 122 Å². The number of carbonyl (C=O) groups excluding carboxylic acids is 2. The summed E-state index contributed by atoms with van der Waals surface area (Å²) in [6.45, 7) is 8.04. The number of nitrogens with one attached hydrogen (secondary N) is 2. The van der Waals surface area contributed by atoms with E-state index in [2.05, 4.69) is 43.6 Å². The summed E-state index contributed by atoms with van der Waals surface area (Å²) >= 11 is 0. The lowest BCUT2D eigenvalue weighted by molar-refractivity contribution is -0.162. The third-order valence-corrected chi connectivity index (χ3v) is 13.0. The van der Waals surface area contributed by atoms with Crippen LogP contribution in [0.1, 0.15) is 77.7 Å². The molecule has 6 nitrogen and oxygen atoms in total. The number of ketones is 1. The molecule has 6 rings (SSSR count). The van der Waals surface area contributed by atoms with E-state index in [0.717, 1.165) is 30.6 Å². The number of rotatable bonds is 7. The lowest BCUT2D eigenvalue weighted by Crippen LogP contribution is -2.60. The maximum atomic E-state index is 13.7. The lowest BCUT2D eigenvalue weighted by atomic mass is 9.40. The maximum absolute atomic E-state index is 13.7. The molecule has 1 aromatic rings. The predicted molar refractivity (Wildman–Crippen MR) is 169 cm³/mol. The van der Waals surface area contributed by atoms with E-state index >= 15 is 0 Å². The van der Waals surface area contributed by atoms with Crippen LogP contribution in [0.2, 0.25) is 0 Å². The largest absolute Gasteiger partial charge is 0.493 e. The Balaban J connectivity index is 1.14. The zero-order valence-corrected chi connectivity index (χ0v) is 26.7. The van der Waals surface area contributed by atoms with Crippen molar-refractivity contribution in [1.82, 2.24) is 10.6 Å².